The van der Waals surface area contributed by atoms with Crippen LogP contribution in [0.2, 0.25) is 0 Å². The predicted octanol–water partition coefficient (Wildman–Crippen LogP) is 5.52. The SMILES string of the molecule is CCC(=O)Nc1ccc(NC(=O)c2cc(-c3ccc(OC)c(OC)c3)nc3ccccc23)cc1. The van der Waals surface area contributed by atoms with Crippen LogP contribution in [0.5, 0.6) is 11.5 Å². The molecule has 0 spiro atoms. The minimum absolute atomic E-state index is 0.0669. The van der Waals surface area contributed by atoms with Crippen molar-refractivity contribution in [3.63, 3.8) is 0 Å². The summed E-state index contributed by atoms with van der Waals surface area (Å²) in [5, 5.41) is 6.48. The van der Waals surface area contributed by atoms with E-state index in [0.717, 1.165) is 10.9 Å². The van der Waals surface area contributed by atoms with Gasteiger partial charge in [-0.2, -0.15) is 0 Å². The molecule has 0 saturated carbocycles. The average molecular weight is 456 g/mol. The molecule has 4 rings (SSSR count). The summed E-state index contributed by atoms with van der Waals surface area (Å²) in [6, 6.07) is 21.8. The van der Waals surface area contributed by atoms with Gasteiger partial charge in [-0.15, -0.1) is 0 Å². The molecule has 7 heteroatoms. The number of aromatic nitrogens is 1. The van der Waals surface area contributed by atoms with E-state index in [9.17, 15) is 9.59 Å². The van der Waals surface area contributed by atoms with Gasteiger partial charge in [-0.3, -0.25) is 9.59 Å². The van der Waals surface area contributed by atoms with Crippen LogP contribution >= 0.6 is 0 Å². The van der Waals surface area contributed by atoms with Crippen LogP contribution in [-0.2, 0) is 4.79 Å². The Bertz CT molecular complexity index is 1350. The van der Waals surface area contributed by atoms with E-state index in [1.54, 1.807) is 51.5 Å². The van der Waals surface area contributed by atoms with Gasteiger partial charge in [0.2, 0.25) is 5.91 Å². The molecule has 2 amide bonds. The molecule has 4 aromatic rings. The normalized spacial score (nSPS) is 10.6. The number of nitrogens with zero attached hydrogens (tertiary/aromatic N) is 1. The van der Waals surface area contributed by atoms with Crippen molar-refractivity contribution in [3.8, 4) is 22.8 Å². The van der Waals surface area contributed by atoms with E-state index in [2.05, 4.69) is 10.6 Å². The van der Waals surface area contributed by atoms with E-state index >= 15 is 0 Å². The van der Waals surface area contributed by atoms with Gasteiger partial charge in [-0.05, 0) is 54.6 Å². The second kappa shape index (κ2) is 10.0. The number of fused-ring (bicyclic) bond motifs is 1. The fourth-order valence-corrected chi connectivity index (χ4v) is 3.59. The third-order valence-electron chi connectivity index (χ3n) is 5.39. The van der Waals surface area contributed by atoms with Crippen molar-refractivity contribution in [2.24, 2.45) is 0 Å². The highest BCUT2D eigenvalue weighted by Crippen LogP contribution is 2.33. The lowest BCUT2D eigenvalue weighted by atomic mass is 10.0. The smallest absolute Gasteiger partial charge is 0.256 e. The van der Waals surface area contributed by atoms with Crippen molar-refractivity contribution in [2.45, 2.75) is 13.3 Å². The Labute approximate surface area is 197 Å². The molecule has 0 aliphatic carbocycles. The third kappa shape index (κ3) is 4.83. The Kier molecular flexibility index (Phi) is 6.73. The zero-order valence-electron chi connectivity index (χ0n) is 19.2. The number of hydrogen-bond acceptors (Lipinski definition) is 5. The number of carbonyl (C=O) groups is 2. The first-order valence-electron chi connectivity index (χ1n) is 10.9. The Morgan fingerprint density at radius 3 is 2.18 bits per heavy atom. The number of rotatable bonds is 7. The standard InChI is InChI=1S/C27H25N3O4/c1-4-26(31)28-18-10-12-19(13-11-18)29-27(32)21-16-23(30-22-8-6-5-7-20(21)22)17-9-14-24(33-2)25(15-17)34-3/h5-16H,4H2,1-3H3,(H,28,31)(H,29,32). The van der Waals surface area contributed by atoms with Gasteiger partial charge in [0.1, 0.15) is 0 Å². The molecule has 7 nitrogen and oxygen atoms in total. The number of hydrogen-bond donors (Lipinski definition) is 2. The molecular weight excluding hydrogens is 430 g/mol. The quantitative estimate of drug-likeness (QED) is 0.383. The summed E-state index contributed by atoms with van der Waals surface area (Å²) in [5.74, 6) is 0.869. The average Bonchev–Trinajstić information content (AvgIpc) is 2.88. The molecule has 0 aliphatic rings. The number of anilines is 2. The zero-order chi connectivity index (χ0) is 24.1. The molecule has 0 bridgehead atoms. The van der Waals surface area contributed by atoms with E-state index in [0.29, 0.717) is 46.1 Å². The lowest BCUT2D eigenvalue weighted by Crippen LogP contribution is -2.13. The number of nitrogens with one attached hydrogen (secondary N) is 2. The summed E-state index contributed by atoms with van der Waals surface area (Å²) in [4.78, 5) is 29.6. The van der Waals surface area contributed by atoms with Crippen LogP contribution in [-0.4, -0.2) is 31.0 Å². The molecule has 1 heterocycles. The summed E-state index contributed by atoms with van der Waals surface area (Å²) in [5.41, 5.74) is 3.94. The molecule has 0 atom stereocenters. The molecule has 0 aliphatic heterocycles. The van der Waals surface area contributed by atoms with Gasteiger partial charge in [0, 0.05) is 28.7 Å². The van der Waals surface area contributed by atoms with Crippen molar-refractivity contribution in [2.75, 3.05) is 24.9 Å². The van der Waals surface area contributed by atoms with Crippen LogP contribution in [0.25, 0.3) is 22.2 Å². The topological polar surface area (TPSA) is 89.6 Å². The molecule has 172 valence electrons. The number of para-hydroxylation sites is 1. The van der Waals surface area contributed by atoms with Gasteiger partial charge in [-0.25, -0.2) is 4.98 Å². The largest absolute Gasteiger partial charge is 0.493 e. The molecule has 0 fully saturated rings. The highest BCUT2D eigenvalue weighted by Gasteiger charge is 2.16. The van der Waals surface area contributed by atoms with Crippen molar-refractivity contribution in [1.29, 1.82) is 0 Å². The molecule has 2 N–H and O–H groups in total. The van der Waals surface area contributed by atoms with Crippen LogP contribution in [0.3, 0.4) is 0 Å². The number of carbonyl (C=O) groups excluding carboxylic acids is 2. The van der Waals surface area contributed by atoms with Crippen molar-refractivity contribution >= 4 is 34.1 Å². The Morgan fingerprint density at radius 2 is 1.50 bits per heavy atom. The first-order chi connectivity index (χ1) is 16.5. The molecule has 1 aromatic heterocycles. The van der Waals surface area contributed by atoms with Gasteiger partial charge in [0.25, 0.3) is 5.91 Å². The maximum atomic E-state index is 13.3. The highest BCUT2D eigenvalue weighted by atomic mass is 16.5. The van der Waals surface area contributed by atoms with E-state index in [-0.39, 0.29) is 11.8 Å². The molecule has 34 heavy (non-hydrogen) atoms. The minimum Gasteiger partial charge on any atom is -0.493 e. The maximum Gasteiger partial charge on any atom is 0.256 e. The van der Waals surface area contributed by atoms with Crippen molar-refractivity contribution < 1.29 is 19.1 Å². The summed E-state index contributed by atoms with van der Waals surface area (Å²) < 4.78 is 10.8. The number of ether oxygens (including phenoxy) is 2. The van der Waals surface area contributed by atoms with Crippen molar-refractivity contribution in [3.05, 3.63) is 78.4 Å². The zero-order valence-corrected chi connectivity index (χ0v) is 19.2. The van der Waals surface area contributed by atoms with E-state index in [4.69, 9.17) is 14.5 Å². The Balaban J connectivity index is 1.68. The molecule has 3 aromatic carbocycles. The van der Waals surface area contributed by atoms with Gasteiger partial charge in [0.05, 0.1) is 31.0 Å². The third-order valence-corrected chi connectivity index (χ3v) is 5.39. The van der Waals surface area contributed by atoms with Gasteiger partial charge < -0.3 is 20.1 Å². The molecular formula is C27H25N3O4. The van der Waals surface area contributed by atoms with Crippen LogP contribution in [0.4, 0.5) is 11.4 Å². The van der Waals surface area contributed by atoms with Crippen LogP contribution in [0, 0.1) is 0 Å². The molecule has 0 saturated heterocycles. The van der Waals surface area contributed by atoms with Gasteiger partial charge in [0.15, 0.2) is 11.5 Å². The number of amides is 2. The molecule has 0 radical (unpaired) electrons. The fourth-order valence-electron chi connectivity index (χ4n) is 3.59. The Hall–Kier alpha value is -4.39. The lowest BCUT2D eigenvalue weighted by molar-refractivity contribution is -0.115. The van der Waals surface area contributed by atoms with Crippen molar-refractivity contribution in [1.82, 2.24) is 4.98 Å². The van der Waals surface area contributed by atoms with Gasteiger partial charge in [-0.1, -0.05) is 25.1 Å². The number of pyridine rings is 1. The summed E-state index contributed by atoms with van der Waals surface area (Å²) in [6.07, 6.45) is 0.399. The maximum absolute atomic E-state index is 13.3. The first-order valence-corrected chi connectivity index (χ1v) is 10.9. The lowest BCUT2D eigenvalue weighted by Gasteiger charge is -2.13. The van der Waals surface area contributed by atoms with E-state index in [1.807, 2.05) is 42.5 Å². The number of methoxy groups -OCH3 is 2. The van der Waals surface area contributed by atoms with Crippen LogP contribution in [0.1, 0.15) is 23.7 Å². The van der Waals surface area contributed by atoms with Gasteiger partial charge >= 0.3 is 0 Å². The van der Waals surface area contributed by atoms with E-state index < -0.39 is 0 Å². The minimum atomic E-state index is -0.259. The highest BCUT2D eigenvalue weighted by molar-refractivity contribution is 6.13. The van der Waals surface area contributed by atoms with Crippen LogP contribution in [0.15, 0.2) is 72.8 Å². The monoisotopic (exact) mass is 455 g/mol. The fraction of sp³-hybridized carbons (Fsp3) is 0.148. The Morgan fingerprint density at radius 1 is 0.824 bits per heavy atom. The molecule has 0 unspecified atom stereocenters. The van der Waals surface area contributed by atoms with Crippen LogP contribution < -0.4 is 20.1 Å². The first kappa shape index (κ1) is 22.8. The second-order valence-electron chi connectivity index (χ2n) is 7.58. The summed E-state index contributed by atoms with van der Waals surface area (Å²) >= 11 is 0. The summed E-state index contributed by atoms with van der Waals surface area (Å²) in [6.45, 7) is 1.79. The summed E-state index contributed by atoms with van der Waals surface area (Å²) in [7, 11) is 3.16. The number of benzene rings is 3. The van der Waals surface area contributed by atoms with E-state index in [1.165, 1.54) is 0 Å². The second-order valence-corrected chi connectivity index (χ2v) is 7.58. The predicted molar refractivity (Wildman–Crippen MR) is 134 cm³/mol.